The predicted molar refractivity (Wildman–Crippen MR) is 141 cm³/mol. The number of ether oxygens (including phenoxy) is 1. The van der Waals surface area contributed by atoms with E-state index in [-0.39, 0.29) is 17.9 Å². The zero-order valence-corrected chi connectivity index (χ0v) is 22.2. The molecule has 2 saturated carbocycles. The highest BCUT2D eigenvalue weighted by Crippen LogP contribution is 2.53. The second-order valence-electron chi connectivity index (χ2n) is 11.3. The molecule has 1 aliphatic heterocycles. The Bertz CT molecular complexity index is 1200. The molecule has 5 rings (SSSR count). The minimum atomic E-state index is -0.937. The van der Waals surface area contributed by atoms with Gasteiger partial charge in [0, 0.05) is 49.7 Å². The van der Waals surface area contributed by atoms with Crippen LogP contribution in [0, 0.1) is 12.8 Å². The second-order valence-corrected chi connectivity index (χ2v) is 11.3. The molecular formula is C30H38N2O5. The summed E-state index contributed by atoms with van der Waals surface area (Å²) in [5, 5.41) is 12.3. The van der Waals surface area contributed by atoms with E-state index >= 15 is 0 Å². The number of benzene rings is 1. The van der Waals surface area contributed by atoms with Gasteiger partial charge in [-0.15, -0.1) is 0 Å². The average Bonchev–Trinajstić information content (AvgIpc) is 3.58. The van der Waals surface area contributed by atoms with Gasteiger partial charge in [-0.2, -0.15) is 0 Å². The van der Waals surface area contributed by atoms with E-state index < -0.39 is 11.0 Å². The number of β-amino-alcohol motifs (C(OH)–C–C–N with tert-alkyl or cyclic N) is 1. The van der Waals surface area contributed by atoms with Crippen molar-refractivity contribution in [3.05, 3.63) is 60.1 Å². The van der Waals surface area contributed by atoms with E-state index in [1.165, 1.54) is 19.8 Å². The van der Waals surface area contributed by atoms with E-state index in [1.807, 2.05) is 32.2 Å². The Morgan fingerprint density at radius 1 is 1.24 bits per heavy atom. The summed E-state index contributed by atoms with van der Waals surface area (Å²) in [7, 11) is 1.84. The fourth-order valence-electron chi connectivity index (χ4n) is 6.60. The number of aryl methyl sites for hydroxylation is 1. The summed E-state index contributed by atoms with van der Waals surface area (Å²) >= 11 is 0. The topological polar surface area (TPSA) is 83.2 Å². The van der Waals surface area contributed by atoms with Crippen LogP contribution in [0.5, 0.6) is 5.75 Å². The molecule has 0 radical (unpaired) electrons. The van der Waals surface area contributed by atoms with Gasteiger partial charge in [0.05, 0.1) is 11.9 Å². The number of carbonyl (C=O) groups is 2. The molecule has 0 bridgehead atoms. The molecule has 3 fully saturated rings. The van der Waals surface area contributed by atoms with Crippen molar-refractivity contribution >= 4 is 17.4 Å². The molecule has 3 aliphatic rings. The molecule has 1 saturated heterocycles. The Kier molecular flexibility index (Phi) is 6.79. The highest BCUT2D eigenvalue weighted by atomic mass is 16.5. The van der Waals surface area contributed by atoms with Gasteiger partial charge in [0.25, 0.3) is 5.91 Å². The van der Waals surface area contributed by atoms with Gasteiger partial charge in [0.1, 0.15) is 11.5 Å². The number of fused-ring (bicyclic) bond motifs is 1. The number of amides is 1. The first-order chi connectivity index (χ1) is 17.6. The monoisotopic (exact) mass is 506 g/mol. The van der Waals surface area contributed by atoms with E-state index in [2.05, 4.69) is 11.5 Å². The lowest BCUT2D eigenvalue weighted by Crippen LogP contribution is -2.67. The molecule has 2 aliphatic carbocycles. The summed E-state index contributed by atoms with van der Waals surface area (Å²) in [6.45, 7) is 9.84. The quantitative estimate of drug-likeness (QED) is 0.342. The Hall–Kier alpha value is -2.90. The third-order valence-electron chi connectivity index (χ3n) is 8.88. The molecule has 1 N–H and O–H groups in total. The largest absolute Gasteiger partial charge is 0.469 e. The van der Waals surface area contributed by atoms with Crippen LogP contribution in [0.4, 0.5) is 0 Å². The number of piperidine rings is 1. The number of rotatable bonds is 7. The van der Waals surface area contributed by atoms with Crippen LogP contribution in [-0.2, 0) is 15.0 Å². The van der Waals surface area contributed by atoms with Crippen LogP contribution in [0.3, 0.4) is 0 Å². The number of nitrogens with zero attached hydrogens (tertiary/aromatic N) is 2. The van der Waals surface area contributed by atoms with Gasteiger partial charge in [-0.3, -0.25) is 9.59 Å². The van der Waals surface area contributed by atoms with E-state index in [0.29, 0.717) is 42.9 Å². The van der Waals surface area contributed by atoms with Crippen molar-refractivity contribution in [3.63, 3.8) is 0 Å². The molecule has 198 valence electrons. The molecule has 0 spiro atoms. The van der Waals surface area contributed by atoms with Crippen LogP contribution >= 0.6 is 0 Å². The minimum absolute atomic E-state index is 0.0657. The summed E-state index contributed by atoms with van der Waals surface area (Å²) in [6.07, 6.45) is 6.83. The van der Waals surface area contributed by atoms with Gasteiger partial charge >= 0.3 is 5.97 Å². The molecule has 7 nitrogen and oxygen atoms in total. The standard InChI is InChI=1S/C30H38N2O5/c1-20(27-11-15-36-21(27)2)28(34)31(4)25-10-12-30(35)19-32(18-23-8-9-23)14-13-29(30,17-25)24-6-5-7-26(16-24)37-22(3)33/h5-7,11,15-16,23,25,35H,1,8-10,12-14,17-19H2,2-4H3. The van der Waals surface area contributed by atoms with Crippen LogP contribution in [0.2, 0.25) is 0 Å². The van der Waals surface area contributed by atoms with E-state index in [1.54, 1.807) is 23.3 Å². The Labute approximate surface area is 219 Å². The van der Waals surface area contributed by atoms with E-state index in [9.17, 15) is 14.7 Å². The van der Waals surface area contributed by atoms with Crippen molar-refractivity contribution in [1.29, 1.82) is 0 Å². The van der Waals surface area contributed by atoms with Gasteiger partial charge in [-0.05, 0) is 81.7 Å². The number of furan rings is 1. The first-order valence-electron chi connectivity index (χ1n) is 13.4. The van der Waals surface area contributed by atoms with Crippen LogP contribution in [-0.4, -0.2) is 65.1 Å². The van der Waals surface area contributed by atoms with Crippen LogP contribution in [0.1, 0.15) is 62.3 Å². The zero-order chi connectivity index (χ0) is 26.4. The van der Waals surface area contributed by atoms with Crippen molar-refractivity contribution in [3.8, 4) is 5.75 Å². The Balaban J connectivity index is 1.45. The summed E-state index contributed by atoms with van der Waals surface area (Å²) < 4.78 is 10.8. The smallest absolute Gasteiger partial charge is 0.308 e. The fourth-order valence-corrected chi connectivity index (χ4v) is 6.60. The maximum absolute atomic E-state index is 13.5. The minimum Gasteiger partial charge on any atom is -0.469 e. The maximum Gasteiger partial charge on any atom is 0.308 e. The van der Waals surface area contributed by atoms with Crippen LogP contribution in [0.25, 0.3) is 5.57 Å². The molecule has 3 atom stereocenters. The summed E-state index contributed by atoms with van der Waals surface area (Å²) in [5.41, 5.74) is 0.608. The summed E-state index contributed by atoms with van der Waals surface area (Å²) in [6, 6.07) is 9.31. The number of likely N-dealkylation sites (tertiary alicyclic amines) is 1. The van der Waals surface area contributed by atoms with Gasteiger partial charge in [-0.25, -0.2) is 0 Å². The number of carbonyl (C=O) groups excluding carboxylic acids is 2. The lowest BCUT2D eigenvalue weighted by atomic mass is 9.55. The summed E-state index contributed by atoms with van der Waals surface area (Å²) in [5.74, 6) is 1.41. The number of esters is 1. The predicted octanol–water partition coefficient (Wildman–Crippen LogP) is 4.32. The summed E-state index contributed by atoms with van der Waals surface area (Å²) in [4.78, 5) is 29.4. The van der Waals surface area contributed by atoms with Gasteiger partial charge in [0.2, 0.25) is 0 Å². The van der Waals surface area contributed by atoms with Crippen molar-refractivity contribution in [2.45, 2.75) is 69.4 Å². The van der Waals surface area contributed by atoms with Crippen molar-refractivity contribution < 1.29 is 23.8 Å². The zero-order valence-electron chi connectivity index (χ0n) is 22.2. The highest BCUT2D eigenvalue weighted by molar-refractivity contribution is 6.18. The highest BCUT2D eigenvalue weighted by Gasteiger charge is 2.58. The van der Waals surface area contributed by atoms with Crippen molar-refractivity contribution in [1.82, 2.24) is 9.80 Å². The molecule has 3 unspecified atom stereocenters. The third-order valence-corrected chi connectivity index (χ3v) is 8.88. The fraction of sp³-hybridized carbons (Fsp3) is 0.533. The third kappa shape index (κ3) is 4.87. The van der Waals surface area contributed by atoms with Crippen LogP contribution < -0.4 is 4.74 Å². The lowest BCUT2D eigenvalue weighted by molar-refractivity contribution is -0.144. The molecule has 2 aromatic rings. The van der Waals surface area contributed by atoms with Gasteiger partial charge < -0.3 is 24.1 Å². The number of hydrogen-bond acceptors (Lipinski definition) is 6. The van der Waals surface area contributed by atoms with Crippen molar-refractivity contribution in [2.75, 3.05) is 26.7 Å². The number of hydrogen-bond donors (Lipinski definition) is 1. The van der Waals surface area contributed by atoms with E-state index in [0.717, 1.165) is 36.6 Å². The average molecular weight is 507 g/mol. The molecule has 1 aromatic carbocycles. The number of aliphatic hydroxyl groups is 1. The van der Waals surface area contributed by atoms with Crippen LogP contribution in [0.15, 0.2) is 47.6 Å². The number of likely N-dealkylation sites (N-methyl/N-ethyl adjacent to an activating group) is 1. The van der Waals surface area contributed by atoms with E-state index in [4.69, 9.17) is 9.15 Å². The SMILES string of the molecule is C=C(C(=O)N(C)C1CCC2(O)CN(CC3CC3)CCC2(c2cccc(OC(C)=O)c2)C1)c1ccoc1C. The normalized spacial score (nSPS) is 27.8. The Morgan fingerprint density at radius 2 is 2.03 bits per heavy atom. The Morgan fingerprint density at radius 3 is 2.70 bits per heavy atom. The van der Waals surface area contributed by atoms with Gasteiger partial charge in [-0.1, -0.05) is 18.7 Å². The molecule has 7 heteroatoms. The maximum atomic E-state index is 13.5. The molecule has 1 amide bonds. The second kappa shape index (κ2) is 9.76. The van der Waals surface area contributed by atoms with Gasteiger partial charge in [0.15, 0.2) is 0 Å². The first-order valence-corrected chi connectivity index (χ1v) is 13.4. The van der Waals surface area contributed by atoms with Crippen molar-refractivity contribution in [2.24, 2.45) is 5.92 Å². The lowest BCUT2D eigenvalue weighted by Gasteiger charge is -2.59. The molecule has 37 heavy (non-hydrogen) atoms. The molecule has 1 aromatic heterocycles. The molecular weight excluding hydrogens is 468 g/mol. The molecule has 2 heterocycles. The first kappa shape index (κ1) is 25.7.